The lowest BCUT2D eigenvalue weighted by molar-refractivity contribution is -0.129. The van der Waals surface area contributed by atoms with Crippen LogP contribution in [0.4, 0.5) is 0 Å². The lowest BCUT2D eigenvalue weighted by atomic mass is 10.2. The molecule has 1 heterocycles. The highest BCUT2D eigenvalue weighted by Crippen LogP contribution is 2.22. The van der Waals surface area contributed by atoms with E-state index in [1.807, 2.05) is 78.9 Å². The maximum absolute atomic E-state index is 12.1. The summed E-state index contributed by atoms with van der Waals surface area (Å²) in [6, 6.07) is 24.8. The number of nitrogens with zero attached hydrogens (tertiary/aromatic N) is 1. The van der Waals surface area contributed by atoms with E-state index >= 15 is 0 Å². The lowest BCUT2D eigenvalue weighted by Crippen LogP contribution is -2.04. The van der Waals surface area contributed by atoms with Crippen LogP contribution in [0.3, 0.4) is 0 Å². The number of carbonyl (C=O) groups is 1. The van der Waals surface area contributed by atoms with E-state index in [4.69, 9.17) is 9.47 Å². The highest BCUT2D eigenvalue weighted by molar-refractivity contribution is 9.10. The van der Waals surface area contributed by atoms with Crippen LogP contribution in [0.15, 0.2) is 94.0 Å². The van der Waals surface area contributed by atoms with Crippen molar-refractivity contribution in [3.8, 4) is 5.75 Å². The molecule has 0 aromatic heterocycles. The second-order valence-electron chi connectivity index (χ2n) is 6.19. The fraction of sp³-hybridized carbons (Fsp3) is 0.0435. The van der Waals surface area contributed by atoms with Crippen molar-refractivity contribution in [2.45, 2.75) is 6.61 Å². The zero-order valence-corrected chi connectivity index (χ0v) is 16.4. The molecule has 0 fully saturated rings. The number of carbonyl (C=O) groups excluding carboxylic acids is 1. The van der Waals surface area contributed by atoms with Crippen molar-refractivity contribution in [1.29, 1.82) is 0 Å². The number of aliphatic imine (C=N–C) groups is 1. The van der Waals surface area contributed by atoms with Crippen molar-refractivity contribution >= 4 is 33.9 Å². The van der Waals surface area contributed by atoms with Crippen LogP contribution in [0, 0.1) is 0 Å². The molecule has 0 spiro atoms. The topological polar surface area (TPSA) is 47.9 Å². The molecule has 0 atom stereocenters. The van der Waals surface area contributed by atoms with Crippen molar-refractivity contribution < 1.29 is 14.3 Å². The lowest BCUT2D eigenvalue weighted by Gasteiger charge is -2.07. The van der Waals surface area contributed by atoms with Crippen LogP contribution >= 0.6 is 15.9 Å². The van der Waals surface area contributed by atoms with Gasteiger partial charge in [-0.05, 0) is 53.6 Å². The third-order valence-electron chi connectivity index (χ3n) is 4.12. The van der Waals surface area contributed by atoms with Crippen molar-refractivity contribution in [2.75, 3.05) is 0 Å². The molecule has 3 aromatic rings. The van der Waals surface area contributed by atoms with Crippen LogP contribution in [-0.4, -0.2) is 11.9 Å². The second-order valence-corrected chi connectivity index (χ2v) is 7.11. The first kappa shape index (κ1) is 18.2. The maximum atomic E-state index is 12.1. The molecule has 0 N–H and O–H groups in total. The average molecular weight is 434 g/mol. The number of halogens is 1. The van der Waals surface area contributed by atoms with Gasteiger partial charge >= 0.3 is 5.97 Å². The second kappa shape index (κ2) is 8.23. The van der Waals surface area contributed by atoms with Crippen LogP contribution in [-0.2, 0) is 16.1 Å². The molecule has 4 nitrogen and oxygen atoms in total. The number of cyclic esters (lactones) is 1. The van der Waals surface area contributed by atoms with E-state index in [1.165, 1.54) is 0 Å². The summed E-state index contributed by atoms with van der Waals surface area (Å²) in [6.07, 6.45) is 1.70. The zero-order chi connectivity index (χ0) is 19.3. The van der Waals surface area contributed by atoms with E-state index in [2.05, 4.69) is 20.9 Å². The summed E-state index contributed by atoms with van der Waals surface area (Å²) >= 11 is 3.42. The molecule has 3 aromatic carbocycles. The molecule has 1 aliphatic rings. The number of benzene rings is 3. The monoisotopic (exact) mass is 433 g/mol. The summed E-state index contributed by atoms with van der Waals surface area (Å²) in [5.41, 5.74) is 2.93. The third kappa shape index (κ3) is 4.38. The molecule has 0 unspecified atom stereocenters. The number of esters is 1. The first-order chi connectivity index (χ1) is 13.7. The summed E-state index contributed by atoms with van der Waals surface area (Å²) in [5, 5.41) is 0. The van der Waals surface area contributed by atoms with Gasteiger partial charge in [0.15, 0.2) is 5.70 Å². The summed E-state index contributed by atoms with van der Waals surface area (Å²) in [6.45, 7) is 0.464. The highest BCUT2D eigenvalue weighted by atomic mass is 79.9. The summed E-state index contributed by atoms with van der Waals surface area (Å²) in [4.78, 5) is 16.5. The molecule has 0 saturated carbocycles. The predicted molar refractivity (Wildman–Crippen MR) is 112 cm³/mol. The molecule has 28 heavy (non-hydrogen) atoms. The SMILES string of the molecule is O=C1OC(c2ccccc2)=N/C1=C\c1cccc(OCc2ccc(Br)cc2)c1. The van der Waals surface area contributed by atoms with Crippen LogP contribution in [0.5, 0.6) is 5.75 Å². The predicted octanol–water partition coefficient (Wildman–Crippen LogP) is 5.37. The molecule has 0 amide bonds. The quantitative estimate of drug-likeness (QED) is 0.401. The number of ether oxygens (including phenoxy) is 2. The summed E-state index contributed by atoms with van der Waals surface area (Å²) in [5.74, 6) is 0.579. The van der Waals surface area contributed by atoms with E-state index in [0.29, 0.717) is 12.5 Å². The Bertz CT molecular complexity index is 1060. The van der Waals surface area contributed by atoms with Crippen molar-refractivity contribution in [2.24, 2.45) is 4.99 Å². The Hall–Kier alpha value is -3.18. The molecule has 0 radical (unpaired) electrons. The van der Waals surface area contributed by atoms with Gasteiger partial charge in [-0.25, -0.2) is 9.79 Å². The fourth-order valence-electron chi connectivity index (χ4n) is 2.71. The number of hydrogen-bond donors (Lipinski definition) is 0. The molecular weight excluding hydrogens is 418 g/mol. The largest absolute Gasteiger partial charge is 0.489 e. The Labute approximate surface area is 171 Å². The molecule has 0 bridgehead atoms. The minimum Gasteiger partial charge on any atom is -0.489 e. The van der Waals surface area contributed by atoms with Crippen LogP contribution < -0.4 is 4.74 Å². The third-order valence-corrected chi connectivity index (χ3v) is 4.65. The average Bonchev–Trinajstić information content (AvgIpc) is 3.09. The fourth-order valence-corrected chi connectivity index (χ4v) is 2.98. The van der Waals surface area contributed by atoms with Gasteiger partial charge in [0.05, 0.1) is 0 Å². The minimum atomic E-state index is -0.458. The van der Waals surface area contributed by atoms with E-state index in [1.54, 1.807) is 6.08 Å². The van der Waals surface area contributed by atoms with Gasteiger partial charge in [0.1, 0.15) is 12.4 Å². The first-order valence-corrected chi connectivity index (χ1v) is 9.52. The Kier molecular flexibility index (Phi) is 5.35. The van der Waals surface area contributed by atoms with E-state index in [-0.39, 0.29) is 5.70 Å². The van der Waals surface area contributed by atoms with Gasteiger partial charge in [-0.15, -0.1) is 0 Å². The van der Waals surface area contributed by atoms with Crippen LogP contribution in [0.25, 0.3) is 6.08 Å². The Morgan fingerprint density at radius 1 is 0.964 bits per heavy atom. The van der Waals surface area contributed by atoms with Crippen molar-refractivity contribution in [3.05, 3.63) is 106 Å². The Morgan fingerprint density at radius 2 is 1.75 bits per heavy atom. The van der Waals surface area contributed by atoms with E-state index < -0.39 is 5.97 Å². The van der Waals surface area contributed by atoms with Crippen LogP contribution in [0.1, 0.15) is 16.7 Å². The Balaban J connectivity index is 1.50. The molecule has 4 rings (SSSR count). The smallest absolute Gasteiger partial charge is 0.363 e. The maximum Gasteiger partial charge on any atom is 0.363 e. The summed E-state index contributed by atoms with van der Waals surface area (Å²) in [7, 11) is 0. The molecule has 0 saturated heterocycles. The number of rotatable bonds is 5. The highest BCUT2D eigenvalue weighted by Gasteiger charge is 2.23. The standard InChI is InChI=1S/C23H16BrNO3/c24-19-11-9-16(10-12-19)15-27-20-8-4-5-17(13-20)14-21-23(26)28-22(25-21)18-6-2-1-3-7-18/h1-14H,15H2/b21-14-. The van der Waals surface area contributed by atoms with Gasteiger partial charge in [-0.2, -0.15) is 0 Å². The molecule has 0 aliphatic carbocycles. The van der Waals surface area contributed by atoms with Crippen LogP contribution in [0.2, 0.25) is 0 Å². The normalized spacial score (nSPS) is 14.7. The molecule has 5 heteroatoms. The van der Waals surface area contributed by atoms with Gasteiger partial charge in [0.2, 0.25) is 5.90 Å². The number of hydrogen-bond acceptors (Lipinski definition) is 4. The van der Waals surface area contributed by atoms with E-state index in [0.717, 1.165) is 26.9 Å². The van der Waals surface area contributed by atoms with Gasteiger partial charge in [-0.3, -0.25) is 0 Å². The summed E-state index contributed by atoms with van der Waals surface area (Å²) < 4.78 is 12.2. The van der Waals surface area contributed by atoms with Gasteiger partial charge < -0.3 is 9.47 Å². The molecule has 138 valence electrons. The first-order valence-electron chi connectivity index (χ1n) is 8.73. The van der Waals surface area contributed by atoms with Gasteiger partial charge in [-0.1, -0.05) is 58.4 Å². The minimum absolute atomic E-state index is 0.268. The Morgan fingerprint density at radius 3 is 2.54 bits per heavy atom. The van der Waals surface area contributed by atoms with Gasteiger partial charge in [0.25, 0.3) is 0 Å². The molecular formula is C23H16BrNO3. The zero-order valence-electron chi connectivity index (χ0n) is 14.8. The van der Waals surface area contributed by atoms with Gasteiger partial charge in [0, 0.05) is 10.0 Å². The molecule has 1 aliphatic heterocycles. The van der Waals surface area contributed by atoms with Crippen molar-refractivity contribution in [1.82, 2.24) is 0 Å². The van der Waals surface area contributed by atoms with Crippen molar-refractivity contribution in [3.63, 3.8) is 0 Å². The van der Waals surface area contributed by atoms with E-state index in [9.17, 15) is 4.79 Å².